The van der Waals surface area contributed by atoms with Gasteiger partial charge in [-0.2, -0.15) is 0 Å². The molecule has 1 aliphatic carbocycles. The number of phenols is 1. The average molecular weight is 1310 g/mol. The van der Waals surface area contributed by atoms with Crippen LogP contribution in [0.15, 0.2) is 66.7 Å². The van der Waals surface area contributed by atoms with Crippen molar-refractivity contribution >= 4 is 58.4 Å². The number of ether oxygens (including phenoxy) is 2. The van der Waals surface area contributed by atoms with E-state index in [0.717, 1.165) is 53.9 Å². The third-order valence-electron chi connectivity index (χ3n) is 18.7. The van der Waals surface area contributed by atoms with Crippen LogP contribution in [-0.4, -0.2) is 235 Å². The number of aromatic hydroxyl groups is 1. The number of methoxy groups -OCH3 is 1. The molecule has 13 atom stereocenters. The lowest BCUT2D eigenvalue weighted by atomic mass is 9.78. The number of carbonyl (C=O) groups excluding carboxylic acids is 7. The summed E-state index contributed by atoms with van der Waals surface area (Å²) >= 11 is 1.35. The molecule has 4 aliphatic heterocycles. The second-order valence-corrected chi connectivity index (χ2v) is 26.1. The smallest absolute Gasteiger partial charge is 0.251 e. The summed E-state index contributed by atoms with van der Waals surface area (Å²) in [6.07, 6.45) is -4.47. The van der Waals surface area contributed by atoms with Gasteiger partial charge in [-0.05, 0) is 119 Å². The van der Waals surface area contributed by atoms with Crippen molar-refractivity contribution in [1.29, 1.82) is 0 Å². The zero-order chi connectivity index (χ0) is 66.8. The Kier molecular flexibility index (Phi) is 23.4. The highest BCUT2D eigenvalue weighted by molar-refractivity contribution is 7.17. The van der Waals surface area contributed by atoms with E-state index in [0.29, 0.717) is 27.9 Å². The van der Waals surface area contributed by atoms with Gasteiger partial charge in [-0.3, -0.25) is 33.6 Å². The number of aliphatic hydroxyl groups excluding tert-OH is 6. The Hall–Kier alpha value is -7.45. The van der Waals surface area contributed by atoms with Crippen molar-refractivity contribution in [2.24, 2.45) is 23.3 Å². The number of piperidine rings is 1. The molecule has 0 bridgehead atoms. The van der Waals surface area contributed by atoms with Crippen molar-refractivity contribution in [3.63, 3.8) is 0 Å². The lowest BCUT2D eigenvalue weighted by molar-refractivity contribution is -0.147. The number of aromatic nitrogens is 2. The topological polar surface area (TPSA) is 427 Å². The van der Waals surface area contributed by atoms with Gasteiger partial charge in [-0.25, -0.2) is 0 Å². The molecule has 93 heavy (non-hydrogen) atoms. The second-order valence-electron chi connectivity index (χ2n) is 25.1. The molecule has 506 valence electrons. The molecule has 0 radical (unpaired) electrons. The van der Waals surface area contributed by atoms with Crippen LogP contribution < -0.4 is 47.7 Å². The Morgan fingerprint density at radius 1 is 0.763 bits per heavy atom. The number of anilines is 1. The molecule has 16 N–H and O–H groups in total. The predicted octanol–water partition coefficient (Wildman–Crippen LogP) is -1.22. The molecule has 3 aromatic carbocycles. The first kappa shape index (κ1) is 69.9. The Labute approximate surface area is 542 Å². The zero-order valence-electron chi connectivity index (χ0n) is 52.5. The van der Waals surface area contributed by atoms with Crippen molar-refractivity contribution in [2.75, 3.05) is 64.4 Å². The number of hydrogen-bond donors (Lipinski definition) is 14. The summed E-state index contributed by atoms with van der Waals surface area (Å²) in [7, 11) is 1.85. The van der Waals surface area contributed by atoms with Crippen LogP contribution >= 0.6 is 11.3 Å². The molecule has 1 aromatic heterocycles. The van der Waals surface area contributed by atoms with Crippen LogP contribution in [-0.2, 0) is 39.9 Å². The first-order valence-electron chi connectivity index (χ1n) is 31.9. The largest absolute Gasteiger partial charge is 0.504 e. The number of fused-ring (bicyclic) bond motifs is 2. The summed E-state index contributed by atoms with van der Waals surface area (Å²) in [4.78, 5) is 106. The third-order valence-corrected chi connectivity index (χ3v) is 19.7. The Morgan fingerprint density at radius 2 is 1.40 bits per heavy atom. The van der Waals surface area contributed by atoms with Gasteiger partial charge in [0.2, 0.25) is 35.4 Å². The minimum Gasteiger partial charge on any atom is -0.504 e. The van der Waals surface area contributed by atoms with Gasteiger partial charge >= 0.3 is 0 Å². The van der Waals surface area contributed by atoms with E-state index in [4.69, 9.17) is 20.9 Å². The summed E-state index contributed by atoms with van der Waals surface area (Å²) in [6, 6.07) is 7.56. The van der Waals surface area contributed by atoms with E-state index in [9.17, 15) is 69.3 Å². The van der Waals surface area contributed by atoms with Gasteiger partial charge in [-0.15, -0.1) is 10.2 Å². The molecule has 0 spiro atoms. The maximum Gasteiger partial charge on any atom is 0.251 e. The van der Waals surface area contributed by atoms with E-state index in [1.54, 1.807) is 19.1 Å². The molecular weight excluding hydrogens is 1220 g/mol. The minimum atomic E-state index is -2.04. The number of β-amino-alcohol motifs (C(OH)–C–C–N with tert-alkyl or cyclic N) is 1. The number of benzene rings is 3. The van der Waals surface area contributed by atoms with E-state index >= 15 is 0 Å². The van der Waals surface area contributed by atoms with Crippen molar-refractivity contribution in [2.45, 2.75) is 163 Å². The number of carbonyl (C=O) groups is 7. The molecule has 29 heteroatoms. The molecule has 28 nitrogen and oxygen atoms in total. The first-order chi connectivity index (χ1) is 44.5. The highest BCUT2D eigenvalue weighted by atomic mass is 32.1. The van der Waals surface area contributed by atoms with Crippen LogP contribution in [0, 0.1) is 11.8 Å². The fraction of sp³-hybridized carbons (Fsp3) is 0.578. The highest BCUT2D eigenvalue weighted by Crippen LogP contribution is 2.43. The van der Waals surface area contributed by atoms with Gasteiger partial charge in [0, 0.05) is 87.4 Å². The van der Waals surface area contributed by atoms with Gasteiger partial charge in [-0.1, -0.05) is 49.3 Å². The third kappa shape index (κ3) is 16.4. The Morgan fingerprint density at radius 3 is 2.03 bits per heavy atom. The van der Waals surface area contributed by atoms with Crippen LogP contribution in [0.3, 0.4) is 0 Å². The van der Waals surface area contributed by atoms with Gasteiger partial charge in [0.15, 0.2) is 11.5 Å². The molecular formula is C64H88N12O16S. The molecule has 4 aromatic rings. The maximum absolute atomic E-state index is 14.8. The monoisotopic (exact) mass is 1310 g/mol. The Bertz CT molecular complexity index is 3260. The first-order valence-corrected chi connectivity index (χ1v) is 32.7. The number of rotatable bonds is 18. The fourth-order valence-electron chi connectivity index (χ4n) is 13.3. The molecule has 0 unspecified atom stereocenters. The number of nitrogens with two attached hydrogens (primary N) is 2. The summed E-state index contributed by atoms with van der Waals surface area (Å²) in [5.41, 5.74) is 14.3. The van der Waals surface area contributed by atoms with Crippen molar-refractivity contribution in [1.82, 2.24) is 46.6 Å². The fourth-order valence-corrected chi connectivity index (χ4v) is 14.2. The van der Waals surface area contributed by atoms with Crippen LogP contribution in [0.2, 0.25) is 0 Å². The molecule has 5 fully saturated rings. The lowest BCUT2D eigenvalue weighted by Crippen LogP contribution is -2.64. The van der Waals surface area contributed by atoms with Crippen LogP contribution in [0.4, 0.5) is 5.69 Å². The lowest BCUT2D eigenvalue weighted by Gasteiger charge is -2.45. The summed E-state index contributed by atoms with van der Waals surface area (Å²) in [5, 5.41) is 102. The van der Waals surface area contributed by atoms with Crippen molar-refractivity contribution in [3.05, 3.63) is 77.9 Å². The van der Waals surface area contributed by atoms with Crippen LogP contribution in [0.25, 0.3) is 21.1 Å². The maximum atomic E-state index is 14.8. The van der Waals surface area contributed by atoms with Crippen LogP contribution in [0.1, 0.15) is 94.0 Å². The summed E-state index contributed by atoms with van der Waals surface area (Å²) in [6.45, 7) is 3.22. The van der Waals surface area contributed by atoms with Crippen molar-refractivity contribution in [3.8, 4) is 32.6 Å². The molecule has 5 heterocycles. The van der Waals surface area contributed by atoms with E-state index in [1.165, 1.54) is 67.4 Å². The number of amides is 7. The SMILES string of the molecule is COC1(C2CCCC2)CCN(c2ccc(-c3nnc(-c4ccc(C(=O)N[C@H]5C[C@@H](O)CNC(=O)[C@@H]6[C@@H](O)[C@@H](C)CN6C(=O)[C@H]([C@H](O)CCN)NC(=O)[C@H]([C@H](O)Cc6ccc(O)c(OCCCN)c6)NC(=O)[C@@H]6C[C@@H](O)CN6C(=O)[C@H]([C@@H](C)O)NC5=O)cc4)s3)cc2)CC1. The zero-order valence-corrected chi connectivity index (χ0v) is 53.3. The normalized spacial score (nSPS) is 27.2. The molecule has 1 saturated carbocycles. The van der Waals surface area contributed by atoms with E-state index in [1.807, 2.05) is 19.2 Å². The standard InChI is InChI=1S/C64H88N12O16S/c1-34-32-76-53(54(34)83)59(88)67-31-42(78)29-44(68-55(84)37-10-12-38(13-11-37)60-72-73-61(93-60)39-14-16-41(17-15-39)74-24-20-64(91-3,21-25-74)40-7-4-5-8-40)56(85)69-50(35(2)77)62(89)75-33-43(79)30-45(75)57(86)70-51(58(87)71-52(63(76)90)47(81)19-23-66)48(82)27-36-9-18-46(80)49(28-36)92-26-6-22-65/h9-18,28,34-35,40,42-45,47-48,50-54,77-83H,4-8,19-27,29-33,65-66H2,1-3H3,(H,67,88)(H,68,84)(H,69,85)(H,70,86)(H,71,87)/t34-,35+,42+,43+,44-,45-,47+,48+,50-,51-,52-,53-,54-/m0/s1. The second kappa shape index (κ2) is 31.2. The van der Waals surface area contributed by atoms with Gasteiger partial charge in [0.25, 0.3) is 5.91 Å². The van der Waals surface area contributed by atoms with E-state index < -0.39 is 152 Å². The number of nitrogens with zero attached hydrogens (tertiary/aromatic N) is 5. The number of aliphatic hydroxyl groups is 6. The molecule has 9 rings (SSSR count). The van der Waals surface area contributed by atoms with E-state index in [2.05, 4.69) is 53.8 Å². The minimum absolute atomic E-state index is 0.00536. The number of phenolic OH excluding ortho intramolecular Hbond substituents is 1. The molecule has 7 amide bonds. The highest BCUT2D eigenvalue weighted by Gasteiger charge is 2.50. The van der Waals surface area contributed by atoms with Crippen LogP contribution in [0.5, 0.6) is 11.5 Å². The van der Waals surface area contributed by atoms with Crippen molar-refractivity contribution < 1.29 is 78.8 Å². The molecule has 5 aliphatic rings. The van der Waals surface area contributed by atoms with Gasteiger partial charge < -0.3 is 98.0 Å². The van der Waals surface area contributed by atoms with Gasteiger partial charge in [0.05, 0.1) is 48.8 Å². The quantitative estimate of drug-likeness (QED) is 0.0519. The number of hydrogen-bond acceptors (Lipinski definition) is 22. The summed E-state index contributed by atoms with van der Waals surface area (Å²) < 4.78 is 11.8. The average Bonchev–Trinajstić information content (AvgIpc) is 1.79. The van der Waals surface area contributed by atoms with Gasteiger partial charge in [0.1, 0.15) is 46.3 Å². The van der Waals surface area contributed by atoms with E-state index in [-0.39, 0.29) is 60.9 Å². The number of nitrogens with one attached hydrogen (secondary N) is 5. The Balaban J connectivity index is 0.956. The molecule has 4 saturated heterocycles. The summed E-state index contributed by atoms with van der Waals surface area (Å²) in [5.74, 6) is -7.94. The predicted molar refractivity (Wildman–Crippen MR) is 340 cm³/mol.